The summed E-state index contributed by atoms with van der Waals surface area (Å²) in [4.78, 5) is 15.7. The van der Waals surface area contributed by atoms with Gasteiger partial charge in [0.2, 0.25) is 0 Å². The molecule has 0 saturated carbocycles. The van der Waals surface area contributed by atoms with Gasteiger partial charge in [-0.1, -0.05) is 23.9 Å². The third-order valence-corrected chi connectivity index (χ3v) is 4.42. The fraction of sp³-hybridized carbons (Fsp3) is 0.231. The van der Waals surface area contributed by atoms with Crippen molar-refractivity contribution in [1.29, 1.82) is 0 Å². The number of carbonyl (C=O) groups is 1. The molecule has 0 fully saturated rings. The summed E-state index contributed by atoms with van der Waals surface area (Å²) >= 11 is 3.26. The van der Waals surface area contributed by atoms with Gasteiger partial charge in [-0.3, -0.25) is 0 Å². The van der Waals surface area contributed by atoms with Gasteiger partial charge in [-0.2, -0.15) is 0 Å². The predicted octanol–water partition coefficient (Wildman–Crippen LogP) is 3.59. The van der Waals surface area contributed by atoms with Crippen molar-refractivity contribution < 1.29 is 9.18 Å². The van der Waals surface area contributed by atoms with Gasteiger partial charge >= 0.3 is 6.03 Å². The molecule has 2 aromatic rings. The molecule has 2 rings (SSSR count). The van der Waals surface area contributed by atoms with Gasteiger partial charge in [0.05, 0.1) is 5.69 Å². The summed E-state index contributed by atoms with van der Waals surface area (Å²) in [6.07, 6.45) is 2.60. The van der Waals surface area contributed by atoms with Crippen LogP contribution < -0.4 is 10.6 Å². The first kappa shape index (κ1) is 14.8. The number of hydrogen-bond donors (Lipinski definition) is 2. The SMILES string of the molecule is O=C(NCCCSc1nccs1)Nc1ccccc1F. The molecule has 0 aliphatic rings. The Balaban J connectivity index is 1.62. The van der Waals surface area contributed by atoms with Crippen LogP contribution in [0, 0.1) is 5.82 Å². The van der Waals surface area contributed by atoms with Gasteiger partial charge in [0.1, 0.15) is 10.2 Å². The van der Waals surface area contributed by atoms with Crippen LogP contribution >= 0.6 is 23.1 Å². The van der Waals surface area contributed by atoms with Crippen LogP contribution in [-0.4, -0.2) is 23.3 Å². The van der Waals surface area contributed by atoms with Gasteiger partial charge in [-0.15, -0.1) is 11.3 Å². The van der Waals surface area contributed by atoms with Crippen molar-refractivity contribution >= 4 is 34.8 Å². The van der Waals surface area contributed by atoms with Gasteiger partial charge in [0.25, 0.3) is 0 Å². The molecule has 7 heteroatoms. The van der Waals surface area contributed by atoms with Crippen molar-refractivity contribution in [2.45, 2.75) is 10.8 Å². The minimum absolute atomic E-state index is 0.183. The Morgan fingerprint density at radius 1 is 1.40 bits per heavy atom. The highest BCUT2D eigenvalue weighted by Crippen LogP contribution is 2.20. The molecular weight excluding hydrogens is 297 g/mol. The first-order valence-electron chi connectivity index (χ1n) is 6.07. The molecule has 20 heavy (non-hydrogen) atoms. The molecule has 0 aliphatic heterocycles. The number of nitrogens with one attached hydrogen (secondary N) is 2. The molecule has 106 valence electrons. The highest BCUT2D eigenvalue weighted by atomic mass is 32.2. The van der Waals surface area contributed by atoms with Crippen molar-refractivity contribution in [3.8, 4) is 0 Å². The fourth-order valence-electron chi connectivity index (χ4n) is 1.44. The highest BCUT2D eigenvalue weighted by Gasteiger charge is 2.05. The Labute approximate surface area is 124 Å². The number of urea groups is 1. The Morgan fingerprint density at radius 2 is 2.25 bits per heavy atom. The third kappa shape index (κ3) is 4.82. The van der Waals surface area contributed by atoms with Crippen LogP contribution in [0.5, 0.6) is 0 Å². The molecule has 0 aliphatic carbocycles. The molecule has 1 heterocycles. The molecular formula is C13H14FN3OS2. The van der Waals surface area contributed by atoms with Crippen LogP contribution in [0.25, 0.3) is 0 Å². The van der Waals surface area contributed by atoms with Crippen LogP contribution in [0.2, 0.25) is 0 Å². The number of rotatable bonds is 6. The number of thioether (sulfide) groups is 1. The zero-order valence-electron chi connectivity index (χ0n) is 10.6. The number of benzene rings is 1. The van der Waals surface area contributed by atoms with E-state index in [0.29, 0.717) is 6.54 Å². The average Bonchev–Trinajstić information content (AvgIpc) is 2.94. The van der Waals surface area contributed by atoms with Crippen LogP contribution in [-0.2, 0) is 0 Å². The van der Waals surface area contributed by atoms with Crippen LogP contribution in [0.3, 0.4) is 0 Å². The maximum absolute atomic E-state index is 13.3. The van der Waals surface area contributed by atoms with E-state index in [1.165, 1.54) is 12.1 Å². The molecule has 0 spiro atoms. The van der Waals surface area contributed by atoms with E-state index in [4.69, 9.17) is 0 Å². The first-order valence-corrected chi connectivity index (χ1v) is 7.94. The smallest absolute Gasteiger partial charge is 0.319 e. The zero-order valence-corrected chi connectivity index (χ0v) is 12.3. The van der Waals surface area contributed by atoms with Gasteiger partial charge in [-0.05, 0) is 18.6 Å². The predicted molar refractivity (Wildman–Crippen MR) is 80.9 cm³/mol. The largest absolute Gasteiger partial charge is 0.338 e. The molecule has 0 atom stereocenters. The Bertz CT molecular complexity index is 548. The molecule has 0 saturated heterocycles. The minimum atomic E-state index is -0.443. The standard InChI is InChI=1S/C13H14FN3OS2/c14-10-4-1-2-5-11(10)17-12(18)15-6-3-8-19-13-16-7-9-20-13/h1-2,4-5,7,9H,3,6,8H2,(H2,15,17,18). The maximum atomic E-state index is 13.3. The van der Waals surface area contributed by atoms with E-state index in [-0.39, 0.29) is 5.69 Å². The third-order valence-electron chi connectivity index (χ3n) is 2.36. The Hall–Kier alpha value is -1.60. The summed E-state index contributed by atoms with van der Waals surface area (Å²) in [5.74, 6) is 0.440. The summed E-state index contributed by atoms with van der Waals surface area (Å²) in [6.45, 7) is 0.540. The van der Waals surface area contributed by atoms with Crippen LogP contribution in [0.4, 0.5) is 14.9 Å². The number of thiazole rings is 1. The lowest BCUT2D eigenvalue weighted by Crippen LogP contribution is -2.30. The molecule has 0 bridgehead atoms. The first-order chi connectivity index (χ1) is 9.75. The van der Waals surface area contributed by atoms with Crippen molar-refractivity contribution in [2.24, 2.45) is 0 Å². The second-order valence-corrected chi connectivity index (χ2v) is 6.10. The summed E-state index contributed by atoms with van der Waals surface area (Å²) in [7, 11) is 0. The van der Waals surface area contributed by atoms with Crippen LogP contribution in [0.15, 0.2) is 40.2 Å². The maximum Gasteiger partial charge on any atom is 0.319 e. The summed E-state index contributed by atoms with van der Waals surface area (Å²) in [5.41, 5.74) is 0.183. The fourth-order valence-corrected chi connectivity index (χ4v) is 3.09. The van der Waals surface area contributed by atoms with Crippen molar-refractivity contribution in [3.63, 3.8) is 0 Å². The van der Waals surface area contributed by atoms with E-state index in [1.54, 1.807) is 41.4 Å². The molecule has 0 radical (unpaired) electrons. The lowest BCUT2D eigenvalue weighted by Gasteiger charge is -2.07. The normalized spacial score (nSPS) is 10.2. The summed E-state index contributed by atoms with van der Waals surface area (Å²) in [5, 5.41) is 7.10. The average molecular weight is 311 g/mol. The molecule has 1 aromatic heterocycles. The number of amides is 2. The summed E-state index contributed by atoms with van der Waals surface area (Å²) in [6, 6.07) is 5.68. The van der Waals surface area contributed by atoms with Gasteiger partial charge in [0, 0.05) is 23.9 Å². The van der Waals surface area contributed by atoms with Crippen molar-refractivity contribution in [2.75, 3.05) is 17.6 Å². The van der Waals surface area contributed by atoms with Gasteiger partial charge < -0.3 is 10.6 Å². The molecule has 0 unspecified atom stereocenters. The van der Waals surface area contributed by atoms with Gasteiger partial charge in [-0.25, -0.2) is 14.2 Å². The monoisotopic (exact) mass is 311 g/mol. The van der Waals surface area contributed by atoms with E-state index in [9.17, 15) is 9.18 Å². The molecule has 4 nitrogen and oxygen atoms in total. The zero-order chi connectivity index (χ0) is 14.2. The topological polar surface area (TPSA) is 54.0 Å². The number of hydrogen-bond acceptors (Lipinski definition) is 4. The quantitative estimate of drug-likeness (QED) is 0.633. The minimum Gasteiger partial charge on any atom is -0.338 e. The number of halogens is 1. The molecule has 2 N–H and O–H groups in total. The molecule has 2 amide bonds. The lowest BCUT2D eigenvalue weighted by atomic mass is 10.3. The number of aromatic nitrogens is 1. The second-order valence-electron chi connectivity index (χ2n) is 3.86. The van der Waals surface area contributed by atoms with E-state index in [0.717, 1.165) is 16.5 Å². The summed E-state index contributed by atoms with van der Waals surface area (Å²) < 4.78 is 14.3. The van der Waals surface area contributed by atoms with E-state index in [2.05, 4.69) is 15.6 Å². The van der Waals surface area contributed by atoms with Crippen molar-refractivity contribution in [3.05, 3.63) is 41.7 Å². The van der Waals surface area contributed by atoms with Gasteiger partial charge in [0.15, 0.2) is 0 Å². The van der Waals surface area contributed by atoms with Crippen LogP contribution in [0.1, 0.15) is 6.42 Å². The molecule has 1 aromatic carbocycles. The van der Waals surface area contributed by atoms with E-state index in [1.807, 2.05) is 5.38 Å². The van der Waals surface area contributed by atoms with E-state index < -0.39 is 11.8 Å². The number of nitrogens with zero attached hydrogens (tertiary/aromatic N) is 1. The lowest BCUT2D eigenvalue weighted by molar-refractivity contribution is 0.252. The number of carbonyl (C=O) groups excluding carboxylic acids is 1. The number of anilines is 1. The Morgan fingerprint density at radius 3 is 3.00 bits per heavy atom. The van der Waals surface area contributed by atoms with Crippen molar-refractivity contribution in [1.82, 2.24) is 10.3 Å². The number of para-hydroxylation sites is 1. The highest BCUT2D eigenvalue weighted by molar-refractivity contribution is 8.00. The van der Waals surface area contributed by atoms with E-state index >= 15 is 0 Å². The second kappa shape index (κ2) is 7.86. The Kier molecular flexibility index (Phi) is 5.82.